The molecule has 0 atom stereocenters. The highest BCUT2D eigenvalue weighted by Gasteiger charge is 2.17. The molecule has 2 heteroatoms. The summed E-state index contributed by atoms with van der Waals surface area (Å²) in [6, 6.07) is 4.11. The van der Waals surface area contributed by atoms with Gasteiger partial charge in [0.05, 0.1) is 0 Å². The maximum atomic E-state index is 5.65. The van der Waals surface area contributed by atoms with E-state index in [-0.39, 0.29) is 5.41 Å². The molecule has 0 bridgehead atoms. The fourth-order valence-electron chi connectivity index (χ4n) is 0.986. The Kier molecular flexibility index (Phi) is 2.48. The molecule has 0 spiro atoms. The van der Waals surface area contributed by atoms with E-state index in [2.05, 4.69) is 24.9 Å². The Labute approximate surface area is 73.8 Å². The van der Waals surface area contributed by atoms with Gasteiger partial charge in [-0.05, 0) is 18.6 Å². The molecule has 0 aliphatic carbocycles. The van der Waals surface area contributed by atoms with Crippen molar-refractivity contribution >= 4 is 0 Å². The van der Waals surface area contributed by atoms with Crippen LogP contribution in [0.3, 0.4) is 0 Å². The Hall–Kier alpha value is -0.890. The predicted octanol–water partition coefficient (Wildman–Crippen LogP) is 1.63. The first-order valence-corrected chi connectivity index (χ1v) is 4.19. The van der Waals surface area contributed by atoms with Gasteiger partial charge in [0.25, 0.3) is 0 Å². The van der Waals surface area contributed by atoms with Gasteiger partial charge in [-0.3, -0.25) is 4.98 Å². The van der Waals surface area contributed by atoms with Gasteiger partial charge in [0.1, 0.15) is 0 Å². The van der Waals surface area contributed by atoms with Crippen LogP contribution in [0.15, 0.2) is 18.3 Å². The van der Waals surface area contributed by atoms with Gasteiger partial charge >= 0.3 is 0 Å². The molecule has 2 N–H and O–H groups in total. The highest BCUT2D eigenvalue weighted by Crippen LogP contribution is 2.20. The summed E-state index contributed by atoms with van der Waals surface area (Å²) >= 11 is 0. The summed E-state index contributed by atoms with van der Waals surface area (Å²) in [4.78, 5) is 4.24. The number of rotatable bonds is 2. The fourth-order valence-corrected chi connectivity index (χ4v) is 0.986. The van der Waals surface area contributed by atoms with Crippen molar-refractivity contribution in [3.63, 3.8) is 0 Å². The SMILES string of the molecule is Cc1ccc(C(C)(C)CN)cn1. The third-order valence-electron chi connectivity index (χ3n) is 2.20. The molecule has 0 fully saturated rings. The first-order valence-electron chi connectivity index (χ1n) is 4.19. The summed E-state index contributed by atoms with van der Waals surface area (Å²) in [6.07, 6.45) is 1.90. The van der Waals surface area contributed by atoms with Crippen molar-refractivity contribution in [2.45, 2.75) is 26.2 Å². The van der Waals surface area contributed by atoms with Gasteiger partial charge in [-0.25, -0.2) is 0 Å². The number of hydrogen-bond acceptors (Lipinski definition) is 2. The standard InChI is InChI=1S/C10H16N2/c1-8-4-5-9(6-12-8)10(2,3)7-11/h4-6H,7,11H2,1-3H3. The van der Waals surface area contributed by atoms with Crippen LogP contribution in [0.5, 0.6) is 0 Å². The molecule has 0 aliphatic rings. The van der Waals surface area contributed by atoms with Crippen LogP contribution in [0.1, 0.15) is 25.1 Å². The molecular formula is C10H16N2. The number of aryl methyl sites for hydroxylation is 1. The number of nitrogens with zero attached hydrogens (tertiary/aromatic N) is 1. The summed E-state index contributed by atoms with van der Waals surface area (Å²) in [5, 5.41) is 0. The van der Waals surface area contributed by atoms with Gasteiger partial charge in [-0.2, -0.15) is 0 Å². The van der Waals surface area contributed by atoms with Crippen LogP contribution in [-0.2, 0) is 5.41 Å². The lowest BCUT2D eigenvalue weighted by atomic mass is 9.86. The zero-order valence-corrected chi connectivity index (χ0v) is 7.96. The van der Waals surface area contributed by atoms with Crippen LogP contribution in [0, 0.1) is 6.92 Å². The smallest absolute Gasteiger partial charge is 0.0372 e. The summed E-state index contributed by atoms with van der Waals surface area (Å²) in [5.41, 5.74) is 7.94. The van der Waals surface area contributed by atoms with Crippen molar-refractivity contribution in [2.75, 3.05) is 6.54 Å². The van der Waals surface area contributed by atoms with Gasteiger partial charge < -0.3 is 5.73 Å². The minimum Gasteiger partial charge on any atom is -0.330 e. The molecule has 0 unspecified atom stereocenters. The molecule has 0 saturated carbocycles. The molecule has 0 aliphatic heterocycles. The van der Waals surface area contributed by atoms with E-state index in [1.807, 2.05) is 19.2 Å². The molecule has 66 valence electrons. The summed E-state index contributed by atoms with van der Waals surface area (Å²) in [6.45, 7) is 6.88. The summed E-state index contributed by atoms with van der Waals surface area (Å²) < 4.78 is 0. The van der Waals surface area contributed by atoms with E-state index < -0.39 is 0 Å². The minimum absolute atomic E-state index is 0.0424. The number of pyridine rings is 1. The Balaban J connectivity index is 2.96. The third-order valence-corrected chi connectivity index (χ3v) is 2.20. The number of aromatic nitrogens is 1. The van der Waals surface area contributed by atoms with Crippen molar-refractivity contribution in [3.8, 4) is 0 Å². The van der Waals surface area contributed by atoms with Crippen LogP contribution in [-0.4, -0.2) is 11.5 Å². The molecule has 1 aromatic heterocycles. The lowest BCUT2D eigenvalue weighted by Crippen LogP contribution is -2.28. The average molecular weight is 164 g/mol. The lowest BCUT2D eigenvalue weighted by molar-refractivity contribution is 0.536. The van der Waals surface area contributed by atoms with Crippen molar-refractivity contribution in [3.05, 3.63) is 29.6 Å². The quantitative estimate of drug-likeness (QED) is 0.721. The Bertz CT molecular complexity index is 249. The van der Waals surface area contributed by atoms with Gasteiger partial charge in [-0.1, -0.05) is 19.9 Å². The second-order valence-corrected chi connectivity index (χ2v) is 3.78. The summed E-state index contributed by atoms with van der Waals surface area (Å²) in [7, 11) is 0. The topological polar surface area (TPSA) is 38.9 Å². The van der Waals surface area contributed by atoms with Crippen molar-refractivity contribution < 1.29 is 0 Å². The Morgan fingerprint density at radius 1 is 1.42 bits per heavy atom. The largest absolute Gasteiger partial charge is 0.330 e. The Morgan fingerprint density at radius 2 is 2.08 bits per heavy atom. The number of nitrogens with two attached hydrogens (primary N) is 1. The van der Waals surface area contributed by atoms with Crippen molar-refractivity contribution in [1.29, 1.82) is 0 Å². The molecule has 0 aromatic carbocycles. The second kappa shape index (κ2) is 3.23. The van der Waals surface area contributed by atoms with E-state index in [4.69, 9.17) is 5.73 Å². The first-order chi connectivity index (χ1) is 5.56. The van der Waals surface area contributed by atoms with E-state index >= 15 is 0 Å². The summed E-state index contributed by atoms with van der Waals surface area (Å²) in [5.74, 6) is 0. The molecule has 2 nitrogen and oxygen atoms in total. The number of hydrogen-bond donors (Lipinski definition) is 1. The van der Waals surface area contributed by atoms with Gasteiger partial charge in [0, 0.05) is 23.9 Å². The van der Waals surface area contributed by atoms with E-state index in [0.717, 1.165) is 5.69 Å². The highest BCUT2D eigenvalue weighted by molar-refractivity contribution is 5.22. The molecule has 0 radical (unpaired) electrons. The van der Waals surface area contributed by atoms with E-state index in [1.165, 1.54) is 5.56 Å². The zero-order chi connectivity index (χ0) is 9.19. The monoisotopic (exact) mass is 164 g/mol. The zero-order valence-electron chi connectivity index (χ0n) is 7.96. The maximum Gasteiger partial charge on any atom is 0.0372 e. The molecule has 1 rings (SSSR count). The molecule has 1 aromatic rings. The molecule has 0 amide bonds. The minimum atomic E-state index is 0.0424. The van der Waals surface area contributed by atoms with Crippen molar-refractivity contribution in [2.24, 2.45) is 5.73 Å². The van der Waals surface area contributed by atoms with Crippen molar-refractivity contribution in [1.82, 2.24) is 4.98 Å². The van der Waals surface area contributed by atoms with Crippen LogP contribution < -0.4 is 5.73 Å². The molecule has 0 saturated heterocycles. The van der Waals surface area contributed by atoms with Gasteiger partial charge in [0.15, 0.2) is 0 Å². The molecular weight excluding hydrogens is 148 g/mol. The Morgan fingerprint density at radius 3 is 2.50 bits per heavy atom. The van der Waals surface area contributed by atoms with Crippen LogP contribution in [0.4, 0.5) is 0 Å². The van der Waals surface area contributed by atoms with E-state index in [1.54, 1.807) is 0 Å². The van der Waals surface area contributed by atoms with E-state index in [9.17, 15) is 0 Å². The second-order valence-electron chi connectivity index (χ2n) is 3.78. The van der Waals surface area contributed by atoms with Crippen LogP contribution >= 0.6 is 0 Å². The predicted molar refractivity (Wildman–Crippen MR) is 51.1 cm³/mol. The third kappa shape index (κ3) is 1.83. The normalized spacial score (nSPS) is 11.7. The molecule has 1 heterocycles. The van der Waals surface area contributed by atoms with Gasteiger partial charge in [-0.15, -0.1) is 0 Å². The highest BCUT2D eigenvalue weighted by atomic mass is 14.7. The van der Waals surface area contributed by atoms with Gasteiger partial charge in [0.2, 0.25) is 0 Å². The lowest BCUT2D eigenvalue weighted by Gasteiger charge is -2.22. The maximum absolute atomic E-state index is 5.65. The van der Waals surface area contributed by atoms with Crippen LogP contribution in [0.2, 0.25) is 0 Å². The average Bonchev–Trinajstić information content (AvgIpc) is 2.05. The first kappa shape index (κ1) is 9.20. The fraction of sp³-hybridized carbons (Fsp3) is 0.500. The van der Waals surface area contributed by atoms with Crippen LogP contribution in [0.25, 0.3) is 0 Å². The van der Waals surface area contributed by atoms with E-state index in [0.29, 0.717) is 6.54 Å². The molecule has 12 heavy (non-hydrogen) atoms.